The van der Waals surface area contributed by atoms with Crippen LogP contribution in [0, 0.1) is 28.7 Å². The van der Waals surface area contributed by atoms with Gasteiger partial charge in [0.15, 0.2) is 0 Å². The van der Waals surface area contributed by atoms with Crippen LogP contribution in [0.3, 0.4) is 0 Å². The van der Waals surface area contributed by atoms with Crippen LogP contribution < -0.4 is 10.1 Å². The molecular weight excluding hydrogens is 487 g/mol. The first kappa shape index (κ1) is 21.6. The van der Waals surface area contributed by atoms with Gasteiger partial charge in [0, 0.05) is 9.26 Å². The van der Waals surface area contributed by atoms with Crippen molar-refractivity contribution in [2.24, 2.45) is 0 Å². The molecule has 1 amide bonds. The van der Waals surface area contributed by atoms with E-state index < -0.39 is 5.91 Å². The van der Waals surface area contributed by atoms with Crippen LogP contribution in [-0.4, -0.2) is 5.91 Å². The van der Waals surface area contributed by atoms with E-state index in [-0.39, 0.29) is 5.57 Å². The summed E-state index contributed by atoms with van der Waals surface area (Å²) >= 11 is 2.27. The van der Waals surface area contributed by atoms with E-state index >= 15 is 0 Å². The van der Waals surface area contributed by atoms with Gasteiger partial charge in [0.05, 0.1) is 0 Å². The lowest BCUT2D eigenvalue weighted by Gasteiger charge is -2.08. The summed E-state index contributed by atoms with van der Waals surface area (Å²) in [5, 5.41) is 12.2. The van der Waals surface area contributed by atoms with Crippen LogP contribution in [0.25, 0.3) is 6.08 Å². The van der Waals surface area contributed by atoms with Crippen molar-refractivity contribution < 1.29 is 9.53 Å². The molecule has 0 heterocycles. The zero-order chi connectivity index (χ0) is 21.5. The number of benzene rings is 3. The van der Waals surface area contributed by atoms with Gasteiger partial charge in [-0.1, -0.05) is 30.3 Å². The third kappa shape index (κ3) is 6.19. The van der Waals surface area contributed by atoms with Gasteiger partial charge in [-0.3, -0.25) is 4.79 Å². The molecule has 30 heavy (non-hydrogen) atoms. The van der Waals surface area contributed by atoms with Crippen molar-refractivity contribution in [2.75, 3.05) is 5.32 Å². The molecule has 0 bridgehead atoms. The van der Waals surface area contributed by atoms with E-state index in [9.17, 15) is 10.1 Å². The molecule has 4 nitrogen and oxygen atoms in total. The fourth-order valence-corrected chi connectivity index (χ4v) is 3.33. The fraction of sp³-hybridized carbons (Fsp3) is 0.120. The summed E-state index contributed by atoms with van der Waals surface area (Å²) in [5.41, 5.74) is 4.67. The quantitative estimate of drug-likeness (QED) is 0.251. The molecule has 0 aliphatic heterocycles. The summed E-state index contributed by atoms with van der Waals surface area (Å²) in [6.07, 6.45) is 1.57. The van der Waals surface area contributed by atoms with Crippen molar-refractivity contribution in [3.63, 3.8) is 0 Å². The lowest BCUT2D eigenvalue weighted by molar-refractivity contribution is -0.112. The minimum atomic E-state index is -0.429. The number of hydrogen-bond donors (Lipinski definition) is 1. The molecule has 5 heteroatoms. The number of ether oxygens (including phenoxy) is 1. The number of amides is 1. The van der Waals surface area contributed by atoms with Crippen molar-refractivity contribution in [3.05, 3.63) is 98.1 Å². The number of hydrogen-bond acceptors (Lipinski definition) is 3. The Morgan fingerprint density at radius 2 is 1.67 bits per heavy atom. The maximum atomic E-state index is 12.5. The highest BCUT2D eigenvalue weighted by atomic mass is 127. The highest BCUT2D eigenvalue weighted by Crippen LogP contribution is 2.18. The highest BCUT2D eigenvalue weighted by molar-refractivity contribution is 14.1. The molecule has 0 radical (unpaired) electrons. The SMILES string of the molecule is Cc1cc(C)cc(NC(=O)/C(C#N)=C\c2ccc(OCc3ccc(I)cc3)cc2)c1. The minimum absolute atomic E-state index is 0.0433. The van der Waals surface area contributed by atoms with Gasteiger partial charge in [0.1, 0.15) is 24.0 Å². The molecule has 0 atom stereocenters. The van der Waals surface area contributed by atoms with E-state index in [1.807, 2.05) is 86.6 Å². The van der Waals surface area contributed by atoms with Crippen LogP contribution in [0.1, 0.15) is 22.3 Å². The maximum Gasteiger partial charge on any atom is 0.266 e. The predicted molar refractivity (Wildman–Crippen MR) is 128 cm³/mol. The van der Waals surface area contributed by atoms with Crippen LogP contribution in [-0.2, 0) is 11.4 Å². The van der Waals surface area contributed by atoms with Crippen LogP contribution in [0.15, 0.2) is 72.3 Å². The first-order valence-electron chi connectivity index (χ1n) is 9.42. The number of halogens is 1. The first-order chi connectivity index (χ1) is 14.4. The van der Waals surface area contributed by atoms with Crippen LogP contribution in [0.2, 0.25) is 0 Å². The second-order valence-electron chi connectivity index (χ2n) is 6.98. The van der Waals surface area contributed by atoms with Crippen molar-refractivity contribution in [3.8, 4) is 11.8 Å². The van der Waals surface area contributed by atoms with E-state index in [2.05, 4.69) is 27.9 Å². The third-order valence-corrected chi connectivity index (χ3v) is 5.07. The standard InChI is InChI=1S/C25H21IN2O2/c1-17-11-18(2)13-23(12-17)28-25(29)21(15-27)14-19-5-9-24(10-6-19)30-16-20-3-7-22(26)8-4-20/h3-14H,16H2,1-2H3,(H,28,29)/b21-14-. The Labute approximate surface area is 190 Å². The van der Waals surface area contributed by atoms with E-state index in [0.717, 1.165) is 28.0 Å². The molecule has 3 aromatic carbocycles. The van der Waals surface area contributed by atoms with Crippen molar-refractivity contribution in [2.45, 2.75) is 20.5 Å². The van der Waals surface area contributed by atoms with Gasteiger partial charge < -0.3 is 10.1 Å². The number of anilines is 1. The van der Waals surface area contributed by atoms with E-state index in [4.69, 9.17) is 4.74 Å². The topological polar surface area (TPSA) is 62.1 Å². The Kier molecular flexibility index (Phi) is 7.26. The van der Waals surface area contributed by atoms with E-state index in [1.54, 1.807) is 6.08 Å². The number of nitrogens with one attached hydrogen (secondary N) is 1. The third-order valence-electron chi connectivity index (χ3n) is 4.35. The summed E-state index contributed by atoms with van der Waals surface area (Å²) in [4.78, 5) is 12.5. The van der Waals surface area contributed by atoms with Gasteiger partial charge in [0.25, 0.3) is 5.91 Å². The molecule has 0 fully saturated rings. The van der Waals surface area contributed by atoms with Crippen LogP contribution in [0.4, 0.5) is 5.69 Å². The van der Waals surface area contributed by atoms with Gasteiger partial charge in [-0.25, -0.2) is 0 Å². The van der Waals surface area contributed by atoms with Crippen LogP contribution in [0.5, 0.6) is 5.75 Å². The number of carbonyl (C=O) groups is 1. The second-order valence-corrected chi connectivity index (χ2v) is 8.23. The number of carbonyl (C=O) groups excluding carboxylic acids is 1. The summed E-state index contributed by atoms with van der Waals surface area (Å²) in [5.74, 6) is 0.297. The Balaban J connectivity index is 1.65. The Morgan fingerprint density at radius 3 is 2.27 bits per heavy atom. The summed E-state index contributed by atoms with van der Waals surface area (Å²) in [7, 11) is 0. The van der Waals surface area contributed by atoms with E-state index in [1.165, 1.54) is 3.57 Å². The van der Waals surface area contributed by atoms with Crippen molar-refractivity contribution in [1.82, 2.24) is 0 Å². The molecule has 0 aliphatic carbocycles. The monoisotopic (exact) mass is 508 g/mol. The summed E-state index contributed by atoms with van der Waals surface area (Å²) < 4.78 is 6.98. The largest absolute Gasteiger partial charge is 0.489 e. The Hall–Kier alpha value is -3.11. The Morgan fingerprint density at radius 1 is 1.03 bits per heavy atom. The number of rotatable bonds is 6. The molecule has 3 aromatic rings. The molecule has 3 rings (SSSR count). The minimum Gasteiger partial charge on any atom is -0.489 e. The number of nitriles is 1. The number of aryl methyl sites for hydroxylation is 2. The van der Waals surface area contributed by atoms with Gasteiger partial charge in [-0.2, -0.15) is 5.26 Å². The molecular formula is C25H21IN2O2. The average molecular weight is 508 g/mol. The lowest BCUT2D eigenvalue weighted by atomic mass is 10.1. The average Bonchev–Trinajstić information content (AvgIpc) is 2.71. The fourth-order valence-electron chi connectivity index (χ4n) is 2.97. The summed E-state index contributed by atoms with van der Waals surface area (Å²) in [6.45, 7) is 4.41. The maximum absolute atomic E-state index is 12.5. The predicted octanol–water partition coefficient (Wildman–Crippen LogP) is 6.03. The molecule has 1 N–H and O–H groups in total. The van der Waals surface area contributed by atoms with Crippen LogP contribution >= 0.6 is 22.6 Å². The molecule has 0 aliphatic rings. The lowest BCUT2D eigenvalue weighted by Crippen LogP contribution is -2.13. The molecule has 0 aromatic heterocycles. The summed E-state index contributed by atoms with van der Waals surface area (Å²) in [6, 6.07) is 23.2. The van der Waals surface area contributed by atoms with Gasteiger partial charge >= 0.3 is 0 Å². The zero-order valence-corrected chi connectivity index (χ0v) is 18.9. The van der Waals surface area contributed by atoms with Crippen molar-refractivity contribution >= 4 is 40.3 Å². The van der Waals surface area contributed by atoms with Gasteiger partial charge in [-0.05, 0) is 101 Å². The second kappa shape index (κ2) is 10.1. The zero-order valence-electron chi connectivity index (χ0n) is 16.8. The van der Waals surface area contributed by atoms with Crippen molar-refractivity contribution in [1.29, 1.82) is 5.26 Å². The molecule has 150 valence electrons. The van der Waals surface area contributed by atoms with E-state index in [0.29, 0.717) is 12.3 Å². The van der Waals surface area contributed by atoms with Gasteiger partial charge in [-0.15, -0.1) is 0 Å². The Bertz CT molecular complexity index is 1090. The highest BCUT2D eigenvalue weighted by Gasteiger charge is 2.10. The molecule has 0 saturated carbocycles. The molecule has 0 saturated heterocycles. The number of nitrogens with zero attached hydrogens (tertiary/aromatic N) is 1. The first-order valence-corrected chi connectivity index (χ1v) is 10.5. The normalized spacial score (nSPS) is 10.9. The molecule has 0 spiro atoms. The smallest absolute Gasteiger partial charge is 0.266 e. The van der Waals surface area contributed by atoms with Gasteiger partial charge in [0.2, 0.25) is 0 Å². The molecule has 0 unspecified atom stereocenters.